The Bertz CT molecular complexity index is 1080. The lowest BCUT2D eigenvalue weighted by atomic mass is 9.64. The standard InChI is InChI=1S/C24H30N6O2/c1-16-2-5-19-26-23(27-22(32)18-3-4-18)28-30(19)21(16)17-6-9-24(10-7-17)11-14-29(15-12-24)20(31)8-13-25/h2,5,17-18H,3-4,6-12,14-15H2,1H3,(H,27,28,32). The first-order chi connectivity index (χ1) is 15.5. The van der Waals surface area contributed by atoms with Crippen LogP contribution in [0.1, 0.15) is 75.0 Å². The second kappa shape index (κ2) is 8.19. The Kier molecular flexibility index (Phi) is 5.36. The predicted octanol–water partition coefficient (Wildman–Crippen LogP) is 3.57. The molecule has 0 aromatic carbocycles. The van der Waals surface area contributed by atoms with Crippen molar-refractivity contribution in [2.45, 2.75) is 70.6 Å². The first-order valence-corrected chi connectivity index (χ1v) is 11.8. The summed E-state index contributed by atoms with van der Waals surface area (Å²) in [5, 5.41) is 16.3. The average Bonchev–Trinajstić information content (AvgIpc) is 3.56. The molecule has 2 aliphatic carbocycles. The van der Waals surface area contributed by atoms with Gasteiger partial charge in [0, 0.05) is 24.9 Å². The van der Waals surface area contributed by atoms with Gasteiger partial charge in [-0.05, 0) is 75.3 Å². The van der Waals surface area contributed by atoms with Gasteiger partial charge in [0.15, 0.2) is 5.65 Å². The summed E-state index contributed by atoms with van der Waals surface area (Å²) in [6.45, 7) is 3.67. The SMILES string of the molecule is Cc1ccc2nc(NC(=O)C3CC3)nn2c1C1CCC2(CC1)CCN(C(=O)CC#N)CC2. The van der Waals surface area contributed by atoms with Crippen molar-refractivity contribution >= 4 is 23.4 Å². The molecule has 0 bridgehead atoms. The molecule has 3 heterocycles. The van der Waals surface area contributed by atoms with E-state index < -0.39 is 0 Å². The van der Waals surface area contributed by atoms with Gasteiger partial charge in [0.05, 0.1) is 11.8 Å². The fourth-order valence-corrected chi connectivity index (χ4v) is 5.58. The highest BCUT2D eigenvalue weighted by Crippen LogP contribution is 2.49. The van der Waals surface area contributed by atoms with E-state index in [1.165, 1.54) is 11.3 Å². The summed E-state index contributed by atoms with van der Waals surface area (Å²) in [5.41, 5.74) is 3.51. The topological polar surface area (TPSA) is 103 Å². The number of anilines is 1. The molecule has 0 radical (unpaired) electrons. The number of nitrogens with one attached hydrogen (secondary N) is 1. The van der Waals surface area contributed by atoms with Gasteiger partial charge in [-0.2, -0.15) is 10.2 Å². The molecule has 0 atom stereocenters. The molecule has 2 amide bonds. The maximum absolute atomic E-state index is 12.1. The van der Waals surface area contributed by atoms with Crippen molar-refractivity contribution in [1.82, 2.24) is 19.5 Å². The van der Waals surface area contributed by atoms with E-state index in [0.717, 1.165) is 70.1 Å². The molecule has 1 aliphatic heterocycles. The lowest BCUT2D eigenvalue weighted by Crippen LogP contribution is -2.44. The number of nitriles is 1. The summed E-state index contributed by atoms with van der Waals surface area (Å²) in [4.78, 5) is 30.6. The number of aryl methyl sites for hydroxylation is 1. The Morgan fingerprint density at radius 3 is 2.53 bits per heavy atom. The average molecular weight is 435 g/mol. The summed E-state index contributed by atoms with van der Waals surface area (Å²) in [5.74, 6) is 0.929. The summed E-state index contributed by atoms with van der Waals surface area (Å²) in [6.07, 6.45) is 8.43. The molecule has 5 rings (SSSR count). The van der Waals surface area contributed by atoms with Crippen LogP contribution in [0.4, 0.5) is 5.95 Å². The lowest BCUT2D eigenvalue weighted by Gasteiger charge is -2.46. The molecule has 3 aliphatic rings. The van der Waals surface area contributed by atoms with Crippen molar-refractivity contribution < 1.29 is 9.59 Å². The Morgan fingerprint density at radius 1 is 1.16 bits per heavy atom. The summed E-state index contributed by atoms with van der Waals surface area (Å²) in [7, 11) is 0. The number of piperidine rings is 1. The number of likely N-dealkylation sites (tertiary alicyclic amines) is 1. The van der Waals surface area contributed by atoms with Crippen LogP contribution in [0.3, 0.4) is 0 Å². The Morgan fingerprint density at radius 2 is 1.88 bits per heavy atom. The van der Waals surface area contributed by atoms with Gasteiger partial charge >= 0.3 is 0 Å². The minimum atomic E-state index is -0.0332. The number of nitrogens with zero attached hydrogens (tertiary/aromatic N) is 5. The number of pyridine rings is 1. The van der Waals surface area contributed by atoms with Crippen LogP contribution in [-0.4, -0.2) is 44.4 Å². The van der Waals surface area contributed by atoms with E-state index in [2.05, 4.69) is 28.4 Å². The van der Waals surface area contributed by atoms with Crippen molar-refractivity contribution in [2.24, 2.45) is 11.3 Å². The number of amides is 2. The zero-order valence-corrected chi connectivity index (χ0v) is 18.6. The molecule has 168 valence electrons. The fourth-order valence-electron chi connectivity index (χ4n) is 5.58. The monoisotopic (exact) mass is 434 g/mol. The van der Waals surface area contributed by atoms with E-state index in [0.29, 0.717) is 17.3 Å². The van der Waals surface area contributed by atoms with Crippen molar-refractivity contribution in [3.8, 4) is 6.07 Å². The van der Waals surface area contributed by atoms with Gasteiger partial charge < -0.3 is 4.90 Å². The minimum Gasteiger partial charge on any atom is -0.342 e. The van der Waals surface area contributed by atoms with Crippen molar-refractivity contribution in [1.29, 1.82) is 5.26 Å². The second-order valence-corrected chi connectivity index (χ2v) is 9.86. The molecule has 1 saturated heterocycles. The normalized spacial score (nSPS) is 20.9. The lowest BCUT2D eigenvalue weighted by molar-refractivity contribution is -0.132. The maximum atomic E-state index is 12.1. The van der Waals surface area contributed by atoms with E-state index in [1.54, 1.807) is 0 Å². The van der Waals surface area contributed by atoms with Gasteiger partial charge in [0.1, 0.15) is 6.42 Å². The van der Waals surface area contributed by atoms with Crippen LogP contribution in [0.25, 0.3) is 5.65 Å². The zero-order chi connectivity index (χ0) is 22.3. The maximum Gasteiger partial charge on any atom is 0.249 e. The highest BCUT2D eigenvalue weighted by Gasteiger charge is 2.40. The smallest absolute Gasteiger partial charge is 0.249 e. The Labute approximate surface area is 188 Å². The summed E-state index contributed by atoms with van der Waals surface area (Å²) >= 11 is 0. The predicted molar refractivity (Wildman–Crippen MR) is 119 cm³/mol. The van der Waals surface area contributed by atoms with Gasteiger partial charge in [-0.25, -0.2) is 4.52 Å². The molecule has 2 saturated carbocycles. The molecular formula is C24H30N6O2. The largest absolute Gasteiger partial charge is 0.342 e. The molecule has 3 fully saturated rings. The molecular weight excluding hydrogens is 404 g/mol. The molecule has 1 spiro atoms. The first-order valence-electron chi connectivity index (χ1n) is 11.8. The number of rotatable bonds is 4. The summed E-state index contributed by atoms with van der Waals surface area (Å²) in [6, 6.07) is 6.05. The first kappa shape index (κ1) is 20.9. The van der Waals surface area contributed by atoms with E-state index in [9.17, 15) is 9.59 Å². The quantitative estimate of drug-likeness (QED) is 0.792. The van der Waals surface area contributed by atoms with Crippen molar-refractivity contribution in [3.63, 3.8) is 0 Å². The number of carbonyl (C=O) groups is 2. The number of carbonyl (C=O) groups excluding carboxylic acids is 2. The van der Waals surface area contributed by atoms with Crippen molar-refractivity contribution in [2.75, 3.05) is 18.4 Å². The molecule has 2 aromatic heterocycles. The number of hydrogen-bond acceptors (Lipinski definition) is 5. The highest BCUT2D eigenvalue weighted by atomic mass is 16.2. The van der Waals surface area contributed by atoms with Crippen LogP contribution in [-0.2, 0) is 9.59 Å². The van der Waals surface area contributed by atoms with Gasteiger partial charge in [0.25, 0.3) is 0 Å². The van der Waals surface area contributed by atoms with E-state index in [-0.39, 0.29) is 24.2 Å². The third-order valence-electron chi connectivity index (χ3n) is 7.77. The third-order valence-corrected chi connectivity index (χ3v) is 7.77. The summed E-state index contributed by atoms with van der Waals surface area (Å²) < 4.78 is 1.93. The van der Waals surface area contributed by atoms with E-state index >= 15 is 0 Å². The molecule has 32 heavy (non-hydrogen) atoms. The Hall–Kier alpha value is -2.95. The van der Waals surface area contributed by atoms with Crippen LogP contribution >= 0.6 is 0 Å². The second-order valence-electron chi connectivity index (χ2n) is 9.86. The molecule has 0 unspecified atom stereocenters. The van der Waals surface area contributed by atoms with Gasteiger partial charge in [-0.3, -0.25) is 14.9 Å². The third kappa shape index (κ3) is 3.96. The molecule has 2 aromatic rings. The zero-order valence-electron chi connectivity index (χ0n) is 18.6. The van der Waals surface area contributed by atoms with Crippen LogP contribution in [0.2, 0.25) is 0 Å². The van der Waals surface area contributed by atoms with Gasteiger partial charge in [0.2, 0.25) is 17.8 Å². The number of aromatic nitrogens is 3. The number of hydrogen-bond donors (Lipinski definition) is 1. The minimum absolute atomic E-state index is 0.0145. The molecule has 1 N–H and O–H groups in total. The van der Waals surface area contributed by atoms with Gasteiger partial charge in [-0.15, -0.1) is 5.10 Å². The fraction of sp³-hybridized carbons (Fsp3) is 0.625. The molecule has 8 nitrogen and oxygen atoms in total. The van der Waals surface area contributed by atoms with Gasteiger partial charge in [-0.1, -0.05) is 6.07 Å². The number of fused-ring (bicyclic) bond motifs is 1. The highest BCUT2D eigenvalue weighted by molar-refractivity contribution is 5.92. The van der Waals surface area contributed by atoms with Crippen LogP contribution in [0.15, 0.2) is 12.1 Å². The van der Waals surface area contributed by atoms with Crippen LogP contribution in [0.5, 0.6) is 0 Å². The van der Waals surface area contributed by atoms with E-state index in [1.807, 2.05) is 21.6 Å². The molecule has 8 heteroatoms. The van der Waals surface area contributed by atoms with Crippen LogP contribution in [0, 0.1) is 29.6 Å². The van der Waals surface area contributed by atoms with E-state index in [4.69, 9.17) is 5.26 Å². The van der Waals surface area contributed by atoms with Crippen molar-refractivity contribution in [3.05, 3.63) is 23.4 Å². The van der Waals surface area contributed by atoms with Crippen LogP contribution < -0.4 is 5.32 Å². The Balaban J connectivity index is 1.28.